The van der Waals surface area contributed by atoms with Gasteiger partial charge in [0, 0.05) is 0 Å². The van der Waals surface area contributed by atoms with Crippen molar-refractivity contribution < 1.29 is 0 Å². The fourth-order valence-electron chi connectivity index (χ4n) is 0.827. The zero-order valence-electron chi connectivity index (χ0n) is 4.28. The molecule has 1 rings (SSSR count). The van der Waals surface area contributed by atoms with E-state index in [0.717, 1.165) is 13.0 Å². The van der Waals surface area contributed by atoms with Gasteiger partial charge in [-0.3, -0.25) is 5.84 Å². The third kappa shape index (κ3) is 1.12. The molecular weight excluding hydrogens is 90.1 g/mol. The molecule has 0 amide bonds. The summed E-state index contributed by atoms with van der Waals surface area (Å²) in [6.45, 7) is 1.11. The van der Waals surface area contributed by atoms with Crippen molar-refractivity contribution in [1.29, 1.82) is 0 Å². The average Bonchev–Trinajstić information content (AvgIpc) is 2.14. The number of nitrogens with two attached hydrogens (primary N) is 1. The van der Waals surface area contributed by atoms with Crippen LogP contribution in [-0.4, -0.2) is 12.7 Å². The highest BCUT2D eigenvalue weighted by molar-refractivity contribution is 4.68. The zero-order chi connectivity index (χ0) is 5.11. The number of rotatable bonds is 1. The van der Waals surface area contributed by atoms with Crippen LogP contribution in [0.15, 0.2) is 0 Å². The molecule has 1 fully saturated rings. The van der Waals surface area contributed by atoms with Crippen LogP contribution in [0.1, 0.15) is 12.8 Å². The van der Waals surface area contributed by atoms with Crippen LogP contribution >= 0.6 is 0 Å². The minimum atomic E-state index is 0.375. The van der Waals surface area contributed by atoms with Crippen LogP contribution in [0.25, 0.3) is 0 Å². The van der Waals surface area contributed by atoms with Crippen molar-refractivity contribution in [3.05, 3.63) is 0 Å². The molecule has 42 valence electrons. The summed E-state index contributed by atoms with van der Waals surface area (Å²) in [6.07, 6.45) is 2.78. The fraction of sp³-hybridized carbons (Fsp3) is 1.00. The van der Waals surface area contributed by atoms with Crippen LogP contribution in [-0.2, 0) is 0 Å². The second kappa shape index (κ2) is 2.26. The lowest BCUT2D eigenvalue weighted by Crippen LogP contribution is -2.41. The number of hydrogen-bond acceptors (Lipinski definition) is 3. The SMILES string of the molecule is NNC1CCCN1. The van der Waals surface area contributed by atoms with Gasteiger partial charge in [0.1, 0.15) is 0 Å². The smallest absolute Gasteiger partial charge is 0.0702 e. The summed E-state index contributed by atoms with van der Waals surface area (Å²) in [7, 11) is 0. The van der Waals surface area contributed by atoms with Crippen molar-refractivity contribution >= 4 is 0 Å². The van der Waals surface area contributed by atoms with E-state index in [0.29, 0.717) is 6.17 Å². The van der Waals surface area contributed by atoms with E-state index in [2.05, 4.69) is 10.7 Å². The lowest BCUT2D eigenvalue weighted by Gasteiger charge is -2.04. The molecule has 0 bridgehead atoms. The molecule has 1 heterocycles. The van der Waals surface area contributed by atoms with Gasteiger partial charge in [-0.15, -0.1) is 0 Å². The molecule has 0 spiro atoms. The number of hydrogen-bond donors (Lipinski definition) is 3. The monoisotopic (exact) mass is 101 g/mol. The van der Waals surface area contributed by atoms with Crippen LogP contribution < -0.4 is 16.6 Å². The van der Waals surface area contributed by atoms with Gasteiger partial charge < -0.3 is 5.32 Å². The number of nitrogens with one attached hydrogen (secondary N) is 2. The molecule has 1 atom stereocenters. The summed E-state index contributed by atoms with van der Waals surface area (Å²) in [6, 6.07) is 0. The lowest BCUT2D eigenvalue weighted by atomic mass is 10.3. The number of hydrazine groups is 1. The minimum Gasteiger partial charge on any atom is -0.301 e. The van der Waals surface area contributed by atoms with Crippen molar-refractivity contribution in [3.63, 3.8) is 0 Å². The Morgan fingerprint density at radius 2 is 2.57 bits per heavy atom. The van der Waals surface area contributed by atoms with Crippen molar-refractivity contribution in [2.45, 2.75) is 19.0 Å². The second-order valence-electron chi connectivity index (χ2n) is 1.82. The molecule has 3 heteroatoms. The maximum atomic E-state index is 5.12. The first-order chi connectivity index (χ1) is 3.43. The third-order valence-corrected chi connectivity index (χ3v) is 1.26. The molecule has 0 aromatic heterocycles. The average molecular weight is 101 g/mol. The van der Waals surface area contributed by atoms with Gasteiger partial charge in [-0.05, 0) is 19.4 Å². The van der Waals surface area contributed by atoms with Gasteiger partial charge in [-0.1, -0.05) is 0 Å². The molecule has 1 aliphatic rings. The first kappa shape index (κ1) is 5.03. The van der Waals surface area contributed by atoms with Crippen LogP contribution in [0.2, 0.25) is 0 Å². The van der Waals surface area contributed by atoms with Gasteiger partial charge in [0.25, 0.3) is 0 Å². The van der Waals surface area contributed by atoms with E-state index in [4.69, 9.17) is 5.84 Å². The summed E-state index contributed by atoms with van der Waals surface area (Å²) in [4.78, 5) is 0. The normalized spacial score (nSPS) is 31.3. The van der Waals surface area contributed by atoms with E-state index < -0.39 is 0 Å². The Hall–Kier alpha value is -0.120. The van der Waals surface area contributed by atoms with Gasteiger partial charge in [0.15, 0.2) is 0 Å². The Morgan fingerprint density at radius 3 is 2.86 bits per heavy atom. The highest BCUT2D eigenvalue weighted by Crippen LogP contribution is 1.98. The van der Waals surface area contributed by atoms with E-state index in [1.165, 1.54) is 6.42 Å². The molecule has 1 aliphatic heterocycles. The van der Waals surface area contributed by atoms with Crippen molar-refractivity contribution in [1.82, 2.24) is 10.7 Å². The summed E-state index contributed by atoms with van der Waals surface area (Å²) < 4.78 is 0. The minimum absolute atomic E-state index is 0.375. The van der Waals surface area contributed by atoms with Crippen LogP contribution in [0.4, 0.5) is 0 Å². The van der Waals surface area contributed by atoms with Gasteiger partial charge in [-0.2, -0.15) is 0 Å². The Kier molecular flexibility index (Phi) is 1.62. The maximum absolute atomic E-state index is 5.12. The summed E-state index contributed by atoms with van der Waals surface area (Å²) in [5.41, 5.74) is 2.65. The van der Waals surface area contributed by atoms with Crippen LogP contribution in [0, 0.1) is 0 Å². The second-order valence-corrected chi connectivity index (χ2v) is 1.82. The third-order valence-electron chi connectivity index (χ3n) is 1.26. The lowest BCUT2D eigenvalue weighted by molar-refractivity contribution is 0.498. The van der Waals surface area contributed by atoms with Gasteiger partial charge in [-0.25, -0.2) is 5.43 Å². The van der Waals surface area contributed by atoms with Crippen LogP contribution in [0.5, 0.6) is 0 Å². The van der Waals surface area contributed by atoms with E-state index in [9.17, 15) is 0 Å². The predicted octanol–water partition coefficient (Wildman–Crippen LogP) is -0.841. The van der Waals surface area contributed by atoms with E-state index >= 15 is 0 Å². The van der Waals surface area contributed by atoms with Crippen LogP contribution in [0.3, 0.4) is 0 Å². The van der Waals surface area contributed by atoms with Gasteiger partial charge in [0.05, 0.1) is 6.17 Å². The van der Waals surface area contributed by atoms with Gasteiger partial charge >= 0.3 is 0 Å². The molecule has 0 aromatic carbocycles. The standard InChI is InChI=1S/C4H11N3/c5-7-4-2-1-3-6-4/h4,6-7H,1-3,5H2. The Bertz CT molecular complexity index is 48.9. The molecule has 3 nitrogen and oxygen atoms in total. The van der Waals surface area contributed by atoms with E-state index in [-0.39, 0.29) is 0 Å². The largest absolute Gasteiger partial charge is 0.301 e. The summed E-state index contributed by atoms with van der Waals surface area (Å²) in [5, 5.41) is 3.17. The molecule has 0 radical (unpaired) electrons. The van der Waals surface area contributed by atoms with Crippen molar-refractivity contribution in [3.8, 4) is 0 Å². The molecular formula is C4H11N3. The Balaban J connectivity index is 2.14. The molecule has 7 heavy (non-hydrogen) atoms. The molecule has 1 saturated heterocycles. The molecule has 0 aromatic rings. The fourth-order valence-corrected chi connectivity index (χ4v) is 0.827. The Labute approximate surface area is 43.2 Å². The Morgan fingerprint density at radius 1 is 1.71 bits per heavy atom. The molecule has 0 saturated carbocycles. The summed E-state index contributed by atoms with van der Waals surface area (Å²) in [5.74, 6) is 5.12. The first-order valence-electron chi connectivity index (χ1n) is 2.63. The first-order valence-corrected chi connectivity index (χ1v) is 2.63. The van der Waals surface area contributed by atoms with E-state index in [1.807, 2.05) is 0 Å². The highest BCUT2D eigenvalue weighted by atomic mass is 15.3. The molecule has 0 aliphatic carbocycles. The summed E-state index contributed by atoms with van der Waals surface area (Å²) >= 11 is 0. The quantitative estimate of drug-likeness (QED) is 0.298. The maximum Gasteiger partial charge on any atom is 0.0702 e. The van der Waals surface area contributed by atoms with E-state index in [1.54, 1.807) is 0 Å². The molecule has 4 N–H and O–H groups in total. The van der Waals surface area contributed by atoms with Gasteiger partial charge in [0.2, 0.25) is 0 Å². The predicted molar refractivity (Wildman–Crippen MR) is 28.3 cm³/mol. The topological polar surface area (TPSA) is 50.1 Å². The van der Waals surface area contributed by atoms with Crippen molar-refractivity contribution in [2.24, 2.45) is 5.84 Å². The van der Waals surface area contributed by atoms with Crippen molar-refractivity contribution in [2.75, 3.05) is 6.54 Å². The zero-order valence-corrected chi connectivity index (χ0v) is 4.28. The molecule has 1 unspecified atom stereocenters. The highest BCUT2D eigenvalue weighted by Gasteiger charge is 2.09.